The van der Waals surface area contributed by atoms with Gasteiger partial charge >= 0.3 is 0 Å². The third-order valence-corrected chi connectivity index (χ3v) is 8.28. The van der Waals surface area contributed by atoms with Gasteiger partial charge in [0.25, 0.3) is 0 Å². The first-order chi connectivity index (χ1) is 15.9. The molecule has 2 aliphatic rings. The van der Waals surface area contributed by atoms with E-state index in [1.165, 1.54) is 10.4 Å². The van der Waals surface area contributed by atoms with E-state index in [-0.39, 0.29) is 41.6 Å². The zero-order valence-electron chi connectivity index (χ0n) is 18.5. The second-order valence-electron chi connectivity index (χ2n) is 8.04. The number of likely N-dealkylation sites (N-methyl/N-ethyl adjacent to an activating group) is 1. The Kier molecular flexibility index (Phi) is 7.43. The van der Waals surface area contributed by atoms with Gasteiger partial charge in [-0.2, -0.15) is 4.31 Å². The van der Waals surface area contributed by atoms with Crippen LogP contribution < -0.4 is 9.47 Å². The van der Waals surface area contributed by atoms with Gasteiger partial charge in [0.05, 0.1) is 11.6 Å². The van der Waals surface area contributed by atoms with E-state index in [9.17, 15) is 13.2 Å². The smallest absolute Gasteiger partial charge is 0.244 e. The summed E-state index contributed by atoms with van der Waals surface area (Å²) in [4.78, 5) is 16.8. The van der Waals surface area contributed by atoms with E-state index in [0.717, 1.165) is 5.75 Å². The van der Waals surface area contributed by atoms with Crippen molar-refractivity contribution in [2.45, 2.75) is 17.9 Å². The van der Waals surface area contributed by atoms with Crippen LogP contribution in [0.25, 0.3) is 0 Å². The maximum Gasteiger partial charge on any atom is 0.244 e. The zero-order valence-corrected chi connectivity index (χ0v) is 20.1. The highest BCUT2D eigenvalue weighted by atomic mass is 35.5. The van der Waals surface area contributed by atoms with Gasteiger partial charge in [0, 0.05) is 32.7 Å². The second kappa shape index (κ2) is 10.3. The number of carbonyl (C=O) groups is 1. The van der Waals surface area contributed by atoms with Gasteiger partial charge in [0.2, 0.25) is 15.9 Å². The Morgan fingerprint density at radius 2 is 1.73 bits per heavy atom. The van der Waals surface area contributed by atoms with E-state index < -0.39 is 10.0 Å². The molecule has 1 amide bonds. The van der Waals surface area contributed by atoms with Crippen LogP contribution in [-0.2, 0) is 14.8 Å². The number of halogens is 1. The van der Waals surface area contributed by atoms with Gasteiger partial charge in [-0.15, -0.1) is 0 Å². The molecule has 33 heavy (non-hydrogen) atoms. The first-order valence-electron chi connectivity index (χ1n) is 11.0. The van der Waals surface area contributed by atoms with Crippen LogP contribution in [0.5, 0.6) is 11.5 Å². The lowest BCUT2D eigenvalue weighted by Gasteiger charge is -2.36. The molecule has 178 valence electrons. The highest BCUT2D eigenvalue weighted by Gasteiger charge is 2.32. The summed E-state index contributed by atoms with van der Waals surface area (Å²) in [6, 6.07) is 14.0. The number of benzene rings is 2. The van der Waals surface area contributed by atoms with Crippen molar-refractivity contribution >= 4 is 27.5 Å². The van der Waals surface area contributed by atoms with Gasteiger partial charge in [0.1, 0.15) is 17.6 Å². The lowest BCUT2D eigenvalue weighted by Crippen LogP contribution is -2.53. The van der Waals surface area contributed by atoms with Gasteiger partial charge in [-0.1, -0.05) is 42.8 Å². The van der Waals surface area contributed by atoms with Gasteiger partial charge in [-0.25, -0.2) is 8.42 Å². The lowest BCUT2D eigenvalue weighted by atomic mass is 10.2. The van der Waals surface area contributed by atoms with Gasteiger partial charge in [0.15, 0.2) is 11.5 Å². The quantitative estimate of drug-likeness (QED) is 0.589. The van der Waals surface area contributed by atoms with Crippen molar-refractivity contribution in [2.75, 3.05) is 52.4 Å². The first kappa shape index (κ1) is 23.8. The molecule has 0 N–H and O–H groups in total. The topological polar surface area (TPSA) is 79.4 Å². The normalized spacial score (nSPS) is 19.0. The Labute approximate surface area is 199 Å². The molecular formula is C23H28ClN3O5S. The van der Waals surface area contributed by atoms with E-state index in [1.54, 1.807) is 23.1 Å². The van der Waals surface area contributed by atoms with Crippen LogP contribution in [0.3, 0.4) is 0 Å². The van der Waals surface area contributed by atoms with Crippen LogP contribution in [0.1, 0.15) is 6.92 Å². The van der Waals surface area contributed by atoms with Crippen LogP contribution in [0.4, 0.5) is 0 Å². The van der Waals surface area contributed by atoms with Crippen molar-refractivity contribution in [3.63, 3.8) is 0 Å². The molecule has 2 aliphatic heterocycles. The Hall–Kier alpha value is -2.33. The van der Waals surface area contributed by atoms with Crippen molar-refractivity contribution < 1.29 is 22.7 Å². The number of sulfonamides is 1. The fourth-order valence-electron chi connectivity index (χ4n) is 4.01. The molecule has 1 fully saturated rings. The Bertz CT molecular complexity index is 1090. The third kappa shape index (κ3) is 5.43. The van der Waals surface area contributed by atoms with E-state index >= 15 is 0 Å². The molecule has 0 saturated carbocycles. The highest BCUT2D eigenvalue weighted by molar-refractivity contribution is 7.89. The Balaban J connectivity index is 1.30. The molecule has 4 rings (SSSR count). The third-order valence-electron chi connectivity index (χ3n) is 5.88. The van der Waals surface area contributed by atoms with Crippen LogP contribution in [0.2, 0.25) is 5.02 Å². The number of fused-ring (bicyclic) bond motifs is 1. The molecule has 1 saturated heterocycles. The van der Waals surface area contributed by atoms with Crippen LogP contribution in [0.15, 0.2) is 53.4 Å². The predicted octanol–water partition coefficient (Wildman–Crippen LogP) is 2.33. The minimum absolute atomic E-state index is 0.0243. The van der Waals surface area contributed by atoms with Crippen molar-refractivity contribution in [2.24, 2.45) is 0 Å². The average molecular weight is 494 g/mol. The molecule has 8 nitrogen and oxygen atoms in total. The molecule has 0 bridgehead atoms. The van der Waals surface area contributed by atoms with E-state index in [0.29, 0.717) is 38.5 Å². The summed E-state index contributed by atoms with van der Waals surface area (Å²) in [7, 11) is -3.69. The molecule has 0 spiro atoms. The fourth-order valence-corrected chi connectivity index (χ4v) is 5.92. The number of hydrogen-bond acceptors (Lipinski definition) is 6. The number of piperazine rings is 1. The fraction of sp³-hybridized carbons (Fsp3) is 0.435. The number of amides is 1. The lowest BCUT2D eigenvalue weighted by molar-refractivity contribution is -0.133. The number of carbonyl (C=O) groups excluding carboxylic acids is 1. The number of nitrogens with zero attached hydrogens (tertiary/aromatic N) is 3. The van der Waals surface area contributed by atoms with Crippen LogP contribution >= 0.6 is 11.6 Å². The Morgan fingerprint density at radius 3 is 2.42 bits per heavy atom. The average Bonchev–Trinajstić information content (AvgIpc) is 2.83. The molecule has 1 unspecified atom stereocenters. The van der Waals surface area contributed by atoms with Crippen LogP contribution in [-0.4, -0.2) is 87.0 Å². The summed E-state index contributed by atoms with van der Waals surface area (Å²) in [6.07, 6.45) is -0.162. The molecule has 2 heterocycles. The van der Waals surface area contributed by atoms with Crippen molar-refractivity contribution in [1.82, 2.24) is 14.1 Å². The van der Waals surface area contributed by atoms with E-state index in [1.807, 2.05) is 36.1 Å². The molecule has 0 aromatic heterocycles. The molecule has 0 aliphatic carbocycles. The van der Waals surface area contributed by atoms with E-state index in [2.05, 4.69) is 0 Å². The maximum atomic E-state index is 12.9. The monoisotopic (exact) mass is 493 g/mol. The van der Waals surface area contributed by atoms with Crippen molar-refractivity contribution in [3.8, 4) is 11.5 Å². The molecule has 2 aromatic rings. The molecule has 10 heteroatoms. The SMILES string of the molecule is CCN(CC(=O)N1CCN(S(=O)(=O)c2ccccc2Cl)CC1)CC1COc2ccccc2O1. The summed E-state index contributed by atoms with van der Waals surface area (Å²) < 4.78 is 39.0. The van der Waals surface area contributed by atoms with Gasteiger partial charge < -0.3 is 14.4 Å². The summed E-state index contributed by atoms with van der Waals surface area (Å²) in [5.74, 6) is 1.42. The van der Waals surface area contributed by atoms with Crippen molar-refractivity contribution in [3.05, 3.63) is 53.6 Å². The van der Waals surface area contributed by atoms with E-state index in [4.69, 9.17) is 21.1 Å². The first-order valence-corrected chi connectivity index (χ1v) is 12.8. The molecule has 2 aromatic carbocycles. The Morgan fingerprint density at radius 1 is 1.06 bits per heavy atom. The minimum atomic E-state index is -3.69. The highest BCUT2D eigenvalue weighted by Crippen LogP contribution is 2.31. The predicted molar refractivity (Wildman–Crippen MR) is 125 cm³/mol. The molecule has 0 radical (unpaired) electrons. The van der Waals surface area contributed by atoms with Crippen LogP contribution in [0, 0.1) is 0 Å². The largest absolute Gasteiger partial charge is 0.486 e. The standard InChI is InChI=1S/C23H28ClN3O5S/c1-2-25(15-18-17-31-20-8-4-5-9-21(20)32-18)16-23(28)26-11-13-27(14-12-26)33(29,30)22-10-6-3-7-19(22)24/h3-10,18H,2,11-17H2,1H3. The minimum Gasteiger partial charge on any atom is -0.486 e. The number of para-hydroxylation sites is 2. The summed E-state index contributed by atoms with van der Waals surface area (Å²) in [5, 5.41) is 0.200. The van der Waals surface area contributed by atoms with Crippen molar-refractivity contribution in [1.29, 1.82) is 0 Å². The number of rotatable bonds is 7. The number of hydrogen-bond donors (Lipinski definition) is 0. The second-order valence-corrected chi connectivity index (χ2v) is 10.4. The summed E-state index contributed by atoms with van der Waals surface area (Å²) in [5.41, 5.74) is 0. The summed E-state index contributed by atoms with van der Waals surface area (Å²) in [6.45, 7) is 5.09. The molecule has 1 atom stereocenters. The molecular weight excluding hydrogens is 466 g/mol. The summed E-state index contributed by atoms with van der Waals surface area (Å²) >= 11 is 6.09. The number of ether oxygens (including phenoxy) is 2. The maximum absolute atomic E-state index is 12.9. The zero-order chi connectivity index (χ0) is 23.4. The van der Waals surface area contributed by atoms with Gasteiger partial charge in [-0.05, 0) is 30.8 Å². The van der Waals surface area contributed by atoms with Gasteiger partial charge in [-0.3, -0.25) is 9.69 Å².